The van der Waals surface area contributed by atoms with E-state index in [0.29, 0.717) is 5.41 Å². The van der Waals surface area contributed by atoms with Gasteiger partial charge in [-0.1, -0.05) is 52.8 Å². The van der Waals surface area contributed by atoms with E-state index in [4.69, 9.17) is 4.98 Å². The number of benzene rings is 1. The van der Waals surface area contributed by atoms with Crippen LogP contribution in [0.2, 0.25) is 0 Å². The molecule has 0 spiro atoms. The second-order valence-corrected chi connectivity index (χ2v) is 10.0. The molecule has 1 aromatic heterocycles. The van der Waals surface area contributed by atoms with Gasteiger partial charge in [0.2, 0.25) is 0 Å². The normalized spacial score (nSPS) is 19.9. The molecule has 1 atom stereocenters. The van der Waals surface area contributed by atoms with Gasteiger partial charge in [0.25, 0.3) is 0 Å². The van der Waals surface area contributed by atoms with Crippen molar-refractivity contribution in [3.8, 4) is 11.3 Å². The van der Waals surface area contributed by atoms with E-state index in [9.17, 15) is 0 Å². The minimum Gasteiger partial charge on any atom is -0.298 e. The van der Waals surface area contributed by atoms with E-state index in [2.05, 4.69) is 77.6 Å². The fourth-order valence-corrected chi connectivity index (χ4v) is 5.35. The van der Waals surface area contributed by atoms with Gasteiger partial charge in [-0.25, -0.2) is 0 Å². The van der Waals surface area contributed by atoms with Crippen LogP contribution in [0.25, 0.3) is 11.3 Å². The molecule has 2 aromatic rings. The Morgan fingerprint density at radius 3 is 2.34 bits per heavy atom. The summed E-state index contributed by atoms with van der Waals surface area (Å²) in [5.74, 6) is 0.815. The van der Waals surface area contributed by atoms with E-state index in [1.807, 2.05) is 0 Å². The quantitative estimate of drug-likeness (QED) is 0.559. The lowest BCUT2D eigenvalue weighted by Crippen LogP contribution is -2.32. The van der Waals surface area contributed by atoms with Crippen LogP contribution in [-0.4, -0.2) is 23.0 Å². The molecular weight excluding hydrogens is 352 g/mol. The van der Waals surface area contributed by atoms with E-state index in [1.54, 1.807) is 0 Å². The smallest absolute Gasteiger partial charge is 0.0713 e. The zero-order valence-corrected chi connectivity index (χ0v) is 19.7. The second-order valence-electron chi connectivity index (χ2n) is 10.0. The zero-order chi connectivity index (χ0) is 21.2. The third-order valence-corrected chi connectivity index (χ3v) is 6.68. The molecule has 0 radical (unpaired) electrons. The molecule has 2 heterocycles. The molecular formula is C27H40N2. The van der Waals surface area contributed by atoms with Crippen LogP contribution in [0.5, 0.6) is 0 Å². The van der Waals surface area contributed by atoms with Gasteiger partial charge in [0.15, 0.2) is 0 Å². The number of pyridine rings is 1. The van der Waals surface area contributed by atoms with E-state index in [0.717, 1.165) is 31.0 Å². The van der Waals surface area contributed by atoms with Crippen LogP contribution in [0.3, 0.4) is 0 Å². The average molecular weight is 393 g/mol. The summed E-state index contributed by atoms with van der Waals surface area (Å²) in [6, 6.07) is 9.05. The van der Waals surface area contributed by atoms with Gasteiger partial charge < -0.3 is 0 Å². The van der Waals surface area contributed by atoms with Crippen LogP contribution < -0.4 is 0 Å². The van der Waals surface area contributed by atoms with Crippen LogP contribution in [0.15, 0.2) is 24.3 Å². The first-order chi connectivity index (χ1) is 13.7. The molecule has 1 fully saturated rings. The van der Waals surface area contributed by atoms with Crippen LogP contribution in [-0.2, 0) is 19.4 Å². The summed E-state index contributed by atoms with van der Waals surface area (Å²) in [4.78, 5) is 7.80. The molecule has 0 N–H and O–H groups in total. The molecule has 29 heavy (non-hydrogen) atoms. The standard InChI is InChI=1S/C27H40N2/c1-8-22-11-10-12-23(9-2)26(22)25-15-20(4)24(21(5)28-25)17-29-14-13-19(3)16-27(6,7)18-29/h10-12,15,19H,8-9,13-14,16-18H2,1-7H3. The van der Waals surface area contributed by atoms with Crippen molar-refractivity contribution in [3.05, 3.63) is 52.2 Å². The van der Waals surface area contributed by atoms with Gasteiger partial charge in [-0.3, -0.25) is 9.88 Å². The molecule has 0 aliphatic carbocycles. The summed E-state index contributed by atoms with van der Waals surface area (Å²) >= 11 is 0. The summed E-state index contributed by atoms with van der Waals surface area (Å²) in [6.45, 7) is 19.6. The van der Waals surface area contributed by atoms with Gasteiger partial charge >= 0.3 is 0 Å². The molecule has 3 rings (SSSR count). The minimum absolute atomic E-state index is 0.390. The van der Waals surface area contributed by atoms with E-state index in [-0.39, 0.29) is 0 Å². The number of aromatic nitrogens is 1. The molecule has 0 saturated carbocycles. The number of nitrogens with zero attached hydrogens (tertiary/aromatic N) is 2. The van der Waals surface area contributed by atoms with Crippen molar-refractivity contribution in [1.82, 2.24) is 9.88 Å². The molecule has 1 aliphatic heterocycles. The lowest BCUT2D eigenvalue weighted by molar-refractivity contribution is 0.185. The lowest BCUT2D eigenvalue weighted by atomic mass is 9.83. The highest BCUT2D eigenvalue weighted by atomic mass is 15.1. The third-order valence-electron chi connectivity index (χ3n) is 6.68. The first-order valence-corrected chi connectivity index (χ1v) is 11.5. The van der Waals surface area contributed by atoms with E-state index in [1.165, 1.54) is 59.4 Å². The summed E-state index contributed by atoms with van der Waals surface area (Å²) < 4.78 is 0. The molecule has 1 aliphatic rings. The Bertz CT molecular complexity index is 804. The molecule has 1 aromatic carbocycles. The Balaban J connectivity index is 1.93. The summed E-state index contributed by atoms with van der Waals surface area (Å²) in [5, 5.41) is 0. The zero-order valence-electron chi connectivity index (χ0n) is 19.7. The van der Waals surface area contributed by atoms with Crippen molar-refractivity contribution >= 4 is 0 Å². The molecule has 2 heteroatoms. The van der Waals surface area contributed by atoms with Gasteiger partial charge in [0, 0.05) is 24.3 Å². The number of rotatable bonds is 5. The van der Waals surface area contributed by atoms with Crippen LogP contribution in [0.1, 0.15) is 75.4 Å². The average Bonchev–Trinajstić information content (AvgIpc) is 2.80. The summed E-state index contributed by atoms with van der Waals surface area (Å²) in [5.41, 5.74) is 9.73. The Kier molecular flexibility index (Phi) is 6.83. The molecule has 1 unspecified atom stereocenters. The van der Waals surface area contributed by atoms with E-state index < -0.39 is 0 Å². The molecule has 2 nitrogen and oxygen atoms in total. The molecule has 158 valence electrons. The number of aryl methyl sites for hydroxylation is 4. The van der Waals surface area contributed by atoms with Crippen molar-refractivity contribution in [3.63, 3.8) is 0 Å². The van der Waals surface area contributed by atoms with Gasteiger partial charge in [-0.15, -0.1) is 0 Å². The van der Waals surface area contributed by atoms with Gasteiger partial charge in [0.05, 0.1) is 5.69 Å². The highest BCUT2D eigenvalue weighted by molar-refractivity contribution is 5.69. The second kappa shape index (κ2) is 9.00. The number of likely N-dealkylation sites (tertiary alicyclic amines) is 1. The number of hydrogen-bond donors (Lipinski definition) is 0. The Labute approximate surface area is 178 Å². The largest absolute Gasteiger partial charge is 0.298 e. The highest BCUT2D eigenvalue weighted by Gasteiger charge is 2.28. The first-order valence-electron chi connectivity index (χ1n) is 11.5. The monoisotopic (exact) mass is 392 g/mol. The molecule has 1 saturated heterocycles. The highest BCUT2D eigenvalue weighted by Crippen LogP contribution is 2.34. The van der Waals surface area contributed by atoms with Crippen LogP contribution in [0, 0.1) is 25.2 Å². The molecule has 0 bridgehead atoms. The van der Waals surface area contributed by atoms with Crippen molar-refractivity contribution in [2.75, 3.05) is 13.1 Å². The maximum Gasteiger partial charge on any atom is 0.0713 e. The van der Waals surface area contributed by atoms with Crippen molar-refractivity contribution in [2.24, 2.45) is 11.3 Å². The maximum absolute atomic E-state index is 5.14. The van der Waals surface area contributed by atoms with Crippen molar-refractivity contribution in [2.45, 2.75) is 80.7 Å². The SMILES string of the molecule is CCc1cccc(CC)c1-c1cc(C)c(CN2CCC(C)CC(C)(C)C2)c(C)n1. The van der Waals surface area contributed by atoms with Gasteiger partial charge in [0.1, 0.15) is 0 Å². The van der Waals surface area contributed by atoms with Crippen molar-refractivity contribution < 1.29 is 0 Å². The van der Waals surface area contributed by atoms with Gasteiger partial charge in [-0.2, -0.15) is 0 Å². The number of hydrogen-bond acceptors (Lipinski definition) is 2. The first kappa shape index (κ1) is 22.0. The van der Waals surface area contributed by atoms with Crippen LogP contribution in [0.4, 0.5) is 0 Å². The molecule has 0 amide bonds. The minimum atomic E-state index is 0.390. The van der Waals surface area contributed by atoms with E-state index >= 15 is 0 Å². The Morgan fingerprint density at radius 1 is 1.10 bits per heavy atom. The summed E-state index contributed by atoms with van der Waals surface area (Å²) in [6.07, 6.45) is 4.72. The maximum atomic E-state index is 5.14. The van der Waals surface area contributed by atoms with Crippen LogP contribution >= 0.6 is 0 Å². The fourth-order valence-electron chi connectivity index (χ4n) is 5.35. The predicted molar refractivity (Wildman–Crippen MR) is 125 cm³/mol. The van der Waals surface area contributed by atoms with Gasteiger partial charge in [-0.05, 0) is 85.7 Å². The fraction of sp³-hybridized carbons (Fsp3) is 0.593. The predicted octanol–water partition coefficient (Wildman–Crippen LogP) is 6.75. The Hall–Kier alpha value is -1.67. The third kappa shape index (κ3) is 5.09. The van der Waals surface area contributed by atoms with Crippen molar-refractivity contribution in [1.29, 1.82) is 0 Å². The lowest BCUT2D eigenvalue weighted by Gasteiger charge is -2.30. The Morgan fingerprint density at radius 2 is 1.76 bits per heavy atom. The summed E-state index contributed by atoms with van der Waals surface area (Å²) in [7, 11) is 0. The topological polar surface area (TPSA) is 16.1 Å².